The smallest absolute Gasteiger partial charge is 0.255 e. The van der Waals surface area contributed by atoms with E-state index in [1.807, 2.05) is 55.6 Å². The van der Waals surface area contributed by atoms with Gasteiger partial charge in [0.25, 0.3) is 5.91 Å². The van der Waals surface area contributed by atoms with E-state index in [0.717, 1.165) is 27.7 Å². The first-order chi connectivity index (χ1) is 11.8. The van der Waals surface area contributed by atoms with Crippen LogP contribution in [-0.2, 0) is 0 Å². The van der Waals surface area contributed by atoms with Crippen molar-refractivity contribution in [2.45, 2.75) is 27.7 Å². The Labute approximate surface area is 148 Å². The topological polar surface area (TPSA) is 44.9 Å². The van der Waals surface area contributed by atoms with Gasteiger partial charge in [0.05, 0.1) is 11.2 Å². The lowest BCUT2D eigenvalue weighted by atomic mass is 9.97. The molecule has 0 aliphatic heterocycles. The van der Waals surface area contributed by atoms with Gasteiger partial charge in [-0.3, -0.25) is 4.79 Å². The van der Waals surface area contributed by atoms with Crippen LogP contribution < -0.4 is 5.32 Å². The van der Waals surface area contributed by atoms with Crippen LogP contribution in [0.2, 0.25) is 0 Å². The van der Waals surface area contributed by atoms with Crippen LogP contribution in [0.5, 0.6) is 0 Å². The van der Waals surface area contributed by atoms with Crippen LogP contribution in [0.3, 0.4) is 0 Å². The normalized spacial score (nSPS) is 11.0. The van der Waals surface area contributed by atoms with Crippen LogP contribution in [0.4, 0.5) is 5.69 Å². The van der Waals surface area contributed by atoms with Crippen LogP contribution in [0.15, 0.2) is 48.7 Å². The molecule has 3 aromatic rings. The number of aryl methyl sites for hydroxylation is 1. The number of anilines is 1. The minimum atomic E-state index is -0.116. The number of amides is 1. The summed E-state index contributed by atoms with van der Waals surface area (Å²) >= 11 is 0. The molecule has 1 amide bonds. The third-order valence-corrected chi connectivity index (χ3v) is 3.89. The van der Waals surface area contributed by atoms with E-state index in [9.17, 15) is 4.79 Å². The lowest BCUT2D eigenvalue weighted by Crippen LogP contribution is -2.13. The maximum Gasteiger partial charge on any atom is 0.255 e. The third-order valence-electron chi connectivity index (χ3n) is 3.89. The van der Waals surface area contributed by atoms with E-state index in [4.69, 9.17) is 0 Å². The number of benzene rings is 2. The summed E-state index contributed by atoms with van der Waals surface area (Å²) in [6.45, 7) is 8.17. The Bertz CT molecular complexity index is 994. The Morgan fingerprint density at radius 1 is 1.12 bits per heavy atom. The highest BCUT2D eigenvalue weighted by Crippen LogP contribution is 2.23. The first-order valence-electron chi connectivity index (χ1n) is 8.35. The Morgan fingerprint density at radius 3 is 2.64 bits per heavy atom. The zero-order valence-electron chi connectivity index (χ0n) is 15.0. The fraction of sp³-hybridized carbons (Fsp3) is 0.227. The van der Waals surface area contributed by atoms with Gasteiger partial charge in [-0.15, -0.1) is 0 Å². The standard InChI is InChI=1S/C22H22N2O/c1-15-14-16(10-12-22(2,3)4)8-9-18(15)21(25)24-19-7-5-6-17-11-13-23-20(17)19/h5-9,11,13-14,23H,1-4H3,(H,24,25). The summed E-state index contributed by atoms with van der Waals surface area (Å²) in [5.41, 5.74) is 4.17. The number of carbonyl (C=O) groups is 1. The molecule has 0 aliphatic rings. The number of rotatable bonds is 2. The van der Waals surface area contributed by atoms with Crippen molar-refractivity contribution in [3.05, 3.63) is 65.4 Å². The summed E-state index contributed by atoms with van der Waals surface area (Å²) in [6, 6.07) is 13.5. The summed E-state index contributed by atoms with van der Waals surface area (Å²) in [5, 5.41) is 4.07. The average Bonchev–Trinajstić information content (AvgIpc) is 3.02. The van der Waals surface area contributed by atoms with Crippen molar-refractivity contribution in [2.24, 2.45) is 5.41 Å². The minimum absolute atomic E-state index is 0.0430. The Kier molecular flexibility index (Phi) is 4.37. The van der Waals surface area contributed by atoms with E-state index in [-0.39, 0.29) is 11.3 Å². The maximum atomic E-state index is 12.7. The first-order valence-corrected chi connectivity index (χ1v) is 8.35. The molecule has 0 saturated heterocycles. The predicted molar refractivity (Wildman–Crippen MR) is 104 cm³/mol. The Hall–Kier alpha value is -2.99. The molecule has 0 unspecified atom stereocenters. The van der Waals surface area contributed by atoms with Gasteiger partial charge in [0, 0.05) is 28.1 Å². The van der Waals surface area contributed by atoms with E-state index in [1.54, 1.807) is 0 Å². The molecule has 0 aliphatic carbocycles. The van der Waals surface area contributed by atoms with Crippen molar-refractivity contribution in [1.82, 2.24) is 4.98 Å². The van der Waals surface area contributed by atoms with Gasteiger partial charge in [0.15, 0.2) is 0 Å². The average molecular weight is 330 g/mol. The number of fused-ring (bicyclic) bond motifs is 1. The second kappa shape index (κ2) is 6.49. The van der Waals surface area contributed by atoms with E-state index >= 15 is 0 Å². The molecule has 25 heavy (non-hydrogen) atoms. The molecule has 0 spiro atoms. The molecule has 0 fully saturated rings. The Balaban J connectivity index is 1.85. The summed E-state index contributed by atoms with van der Waals surface area (Å²) < 4.78 is 0. The van der Waals surface area contributed by atoms with Crippen molar-refractivity contribution in [3.63, 3.8) is 0 Å². The number of hydrogen-bond donors (Lipinski definition) is 2. The molecule has 2 N–H and O–H groups in total. The highest BCUT2D eigenvalue weighted by molar-refractivity contribution is 6.09. The molecule has 1 heterocycles. The number of aromatic nitrogens is 1. The number of nitrogens with one attached hydrogen (secondary N) is 2. The summed E-state index contributed by atoms with van der Waals surface area (Å²) in [7, 11) is 0. The molecule has 3 rings (SSSR count). The first kappa shape index (κ1) is 16.9. The molecule has 0 bridgehead atoms. The second-order valence-corrected chi connectivity index (χ2v) is 7.23. The van der Waals surface area contributed by atoms with Gasteiger partial charge in [0.1, 0.15) is 0 Å². The lowest BCUT2D eigenvalue weighted by molar-refractivity contribution is 0.102. The number of hydrogen-bond acceptors (Lipinski definition) is 1. The van der Waals surface area contributed by atoms with Gasteiger partial charge in [-0.1, -0.05) is 24.0 Å². The molecule has 126 valence electrons. The zero-order valence-corrected chi connectivity index (χ0v) is 15.0. The number of H-pyrrole nitrogens is 1. The van der Waals surface area contributed by atoms with E-state index in [2.05, 4.69) is 42.9 Å². The van der Waals surface area contributed by atoms with Gasteiger partial charge < -0.3 is 10.3 Å². The SMILES string of the molecule is Cc1cc(C#CC(C)(C)C)ccc1C(=O)Nc1cccc2cc[nH]c12. The van der Waals surface area contributed by atoms with E-state index in [0.29, 0.717) is 5.56 Å². The van der Waals surface area contributed by atoms with Gasteiger partial charge in [-0.2, -0.15) is 0 Å². The summed E-state index contributed by atoms with van der Waals surface area (Å²) in [4.78, 5) is 15.8. The highest BCUT2D eigenvalue weighted by atomic mass is 16.1. The zero-order chi connectivity index (χ0) is 18.0. The summed E-state index contributed by atoms with van der Waals surface area (Å²) in [5.74, 6) is 6.28. The molecule has 1 aromatic heterocycles. The van der Waals surface area contributed by atoms with Crippen LogP contribution >= 0.6 is 0 Å². The maximum absolute atomic E-state index is 12.7. The fourth-order valence-corrected chi connectivity index (χ4v) is 2.63. The molecule has 0 radical (unpaired) electrons. The van der Waals surface area contributed by atoms with E-state index in [1.165, 1.54) is 0 Å². The van der Waals surface area contributed by atoms with Crippen LogP contribution in [0.1, 0.15) is 42.3 Å². The number of carbonyl (C=O) groups excluding carboxylic acids is 1. The van der Waals surface area contributed by atoms with Crippen molar-refractivity contribution in [2.75, 3.05) is 5.32 Å². The predicted octanol–water partition coefficient (Wildman–Crippen LogP) is 5.13. The quantitative estimate of drug-likeness (QED) is 0.629. The number of para-hydroxylation sites is 1. The second-order valence-electron chi connectivity index (χ2n) is 7.23. The molecule has 2 aromatic carbocycles. The van der Waals surface area contributed by atoms with Gasteiger partial charge in [-0.25, -0.2) is 0 Å². The van der Waals surface area contributed by atoms with Crippen molar-refractivity contribution < 1.29 is 4.79 Å². The molecule has 0 atom stereocenters. The van der Waals surface area contributed by atoms with Gasteiger partial charge >= 0.3 is 0 Å². The highest BCUT2D eigenvalue weighted by Gasteiger charge is 2.12. The van der Waals surface area contributed by atoms with Crippen LogP contribution in [-0.4, -0.2) is 10.9 Å². The van der Waals surface area contributed by atoms with Crippen LogP contribution in [0, 0.1) is 24.2 Å². The minimum Gasteiger partial charge on any atom is -0.359 e. The lowest BCUT2D eigenvalue weighted by Gasteiger charge is -2.10. The number of aromatic amines is 1. The molecular formula is C22H22N2O. The van der Waals surface area contributed by atoms with Crippen molar-refractivity contribution in [1.29, 1.82) is 0 Å². The van der Waals surface area contributed by atoms with Crippen LogP contribution in [0.25, 0.3) is 10.9 Å². The summed E-state index contributed by atoms with van der Waals surface area (Å²) in [6.07, 6.45) is 1.87. The monoisotopic (exact) mass is 330 g/mol. The third kappa shape index (κ3) is 3.92. The molecule has 3 heteroatoms. The van der Waals surface area contributed by atoms with Crippen molar-refractivity contribution >= 4 is 22.5 Å². The van der Waals surface area contributed by atoms with E-state index < -0.39 is 0 Å². The van der Waals surface area contributed by atoms with Gasteiger partial charge in [0.2, 0.25) is 0 Å². The van der Waals surface area contributed by atoms with Gasteiger partial charge in [-0.05, 0) is 63.6 Å². The van der Waals surface area contributed by atoms with Crippen molar-refractivity contribution in [3.8, 4) is 11.8 Å². The largest absolute Gasteiger partial charge is 0.359 e. The molecular weight excluding hydrogens is 308 g/mol. The molecule has 0 saturated carbocycles. The Morgan fingerprint density at radius 2 is 1.92 bits per heavy atom. The fourth-order valence-electron chi connectivity index (χ4n) is 2.63. The molecule has 3 nitrogen and oxygen atoms in total.